The van der Waals surface area contributed by atoms with Crippen molar-refractivity contribution in [3.63, 3.8) is 0 Å². The van der Waals surface area contributed by atoms with Gasteiger partial charge in [-0.25, -0.2) is 0 Å². The zero-order valence-corrected chi connectivity index (χ0v) is 20.3. The van der Waals surface area contributed by atoms with Crippen LogP contribution in [0.25, 0.3) is 5.69 Å². The van der Waals surface area contributed by atoms with E-state index in [4.69, 9.17) is 17.0 Å². The average molecular weight is 470 g/mol. The molecule has 1 aliphatic rings. The molecule has 0 aliphatic carbocycles. The van der Waals surface area contributed by atoms with Gasteiger partial charge in [0.25, 0.3) is 0 Å². The van der Waals surface area contributed by atoms with E-state index in [2.05, 4.69) is 68.9 Å². The fourth-order valence-corrected chi connectivity index (χ4v) is 5.13. The first-order chi connectivity index (χ1) is 16.6. The Morgan fingerprint density at radius 2 is 1.82 bits per heavy atom. The number of aryl methyl sites for hydroxylation is 1. The SMILES string of the molecule is CCOc1ccc(N2C(=S)N[C@H](c3ccccn3)[C@@H]2c2cc(C)n(-c3cccnc3)c2C)cc1. The van der Waals surface area contributed by atoms with Gasteiger partial charge in [-0.3, -0.25) is 9.97 Å². The van der Waals surface area contributed by atoms with Gasteiger partial charge in [0.15, 0.2) is 5.11 Å². The smallest absolute Gasteiger partial charge is 0.174 e. The molecule has 172 valence electrons. The minimum Gasteiger partial charge on any atom is -0.494 e. The summed E-state index contributed by atoms with van der Waals surface area (Å²) in [6, 6.07) is 20.2. The Balaban J connectivity index is 1.64. The molecule has 1 saturated heterocycles. The van der Waals surface area contributed by atoms with E-state index < -0.39 is 0 Å². The number of ether oxygens (including phenoxy) is 1. The molecule has 1 aliphatic heterocycles. The summed E-state index contributed by atoms with van der Waals surface area (Å²) >= 11 is 5.88. The molecule has 4 heterocycles. The van der Waals surface area contributed by atoms with Crippen LogP contribution in [0.4, 0.5) is 5.69 Å². The molecule has 6 nitrogen and oxygen atoms in total. The normalized spacial score (nSPS) is 17.6. The number of rotatable bonds is 6. The first-order valence-electron chi connectivity index (χ1n) is 11.4. The zero-order valence-electron chi connectivity index (χ0n) is 19.5. The van der Waals surface area contributed by atoms with Crippen LogP contribution < -0.4 is 15.0 Å². The van der Waals surface area contributed by atoms with Gasteiger partial charge in [-0.1, -0.05) is 6.07 Å². The van der Waals surface area contributed by atoms with E-state index in [-0.39, 0.29) is 12.1 Å². The highest BCUT2D eigenvalue weighted by Gasteiger charge is 2.42. The summed E-state index contributed by atoms with van der Waals surface area (Å²) in [7, 11) is 0. The van der Waals surface area contributed by atoms with Crippen LogP contribution in [0.15, 0.2) is 79.3 Å². The Hall–Kier alpha value is -3.71. The highest BCUT2D eigenvalue weighted by molar-refractivity contribution is 7.80. The van der Waals surface area contributed by atoms with E-state index in [0.717, 1.165) is 34.2 Å². The van der Waals surface area contributed by atoms with Crippen LogP contribution in [0.1, 0.15) is 41.7 Å². The molecule has 0 saturated carbocycles. The lowest BCUT2D eigenvalue weighted by Gasteiger charge is -2.28. The maximum atomic E-state index is 5.88. The molecule has 3 aromatic heterocycles. The summed E-state index contributed by atoms with van der Waals surface area (Å²) in [5, 5.41) is 4.22. The number of nitrogens with zero attached hydrogens (tertiary/aromatic N) is 4. The maximum Gasteiger partial charge on any atom is 0.174 e. The van der Waals surface area contributed by atoms with Crippen molar-refractivity contribution in [2.45, 2.75) is 32.9 Å². The van der Waals surface area contributed by atoms with Crippen LogP contribution in [0, 0.1) is 13.8 Å². The molecule has 0 amide bonds. The summed E-state index contributed by atoms with van der Waals surface area (Å²) in [5.74, 6) is 0.844. The van der Waals surface area contributed by atoms with Gasteiger partial charge in [-0.2, -0.15) is 0 Å². The summed E-state index contributed by atoms with van der Waals surface area (Å²) in [4.78, 5) is 11.2. The van der Waals surface area contributed by atoms with Gasteiger partial charge in [0.1, 0.15) is 5.75 Å². The third-order valence-corrected chi connectivity index (χ3v) is 6.53. The maximum absolute atomic E-state index is 5.88. The molecular formula is C27H27N5OS. The number of nitrogens with one attached hydrogen (secondary N) is 1. The van der Waals surface area contributed by atoms with Crippen molar-refractivity contribution < 1.29 is 4.74 Å². The van der Waals surface area contributed by atoms with E-state index in [1.54, 1.807) is 6.20 Å². The Morgan fingerprint density at radius 3 is 2.50 bits per heavy atom. The molecule has 7 heteroatoms. The van der Waals surface area contributed by atoms with Crippen molar-refractivity contribution in [1.82, 2.24) is 19.9 Å². The van der Waals surface area contributed by atoms with Gasteiger partial charge in [-0.15, -0.1) is 0 Å². The van der Waals surface area contributed by atoms with Crippen molar-refractivity contribution in [2.24, 2.45) is 0 Å². The van der Waals surface area contributed by atoms with E-state index in [9.17, 15) is 0 Å². The molecule has 0 radical (unpaired) electrons. The molecule has 34 heavy (non-hydrogen) atoms. The molecule has 0 bridgehead atoms. The number of hydrogen-bond donors (Lipinski definition) is 1. The number of anilines is 1. The summed E-state index contributed by atoms with van der Waals surface area (Å²) in [5.41, 5.74) is 6.49. The lowest BCUT2D eigenvalue weighted by molar-refractivity contribution is 0.340. The summed E-state index contributed by atoms with van der Waals surface area (Å²) < 4.78 is 7.90. The molecule has 1 N–H and O–H groups in total. The van der Waals surface area contributed by atoms with E-state index in [1.165, 1.54) is 5.56 Å². The number of thiocarbonyl (C=S) groups is 1. The van der Waals surface area contributed by atoms with Gasteiger partial charge >= 0.3 is 0 Å². The second-order valence-electron chi connectivity index (χ2n) is 8.30. The average Bonchev–Trinajstić information content (AvgIpc) is 3.36. The van der Waals surface area contributed by atoms with Crippen molar-refractivity contribution in [3.8, 4) is 11.4 Å². The summed E-state index contributed by atoms with van der Waals surface area (Å²) in [6.45, 7) is 6.90. The minimum absolute atomic E-state index is 0.0723. The Labute approximate surface area is 205 Å². The molecule has 2 atom stereocenters. The number of pyridine rings is 2. The predicted molar refractivity (Wildman–Crippen MR) is 139 cm³/mol. The first-order valence-corrected chi connectivity index (χ1v) is 11.8. The van der Waals surface area contributed by atoms with Crippen LogP contribution >= 0.6 is 12.2 Å². The van der Waals surface area contributed by atoms with Gasteiger partial charge < -0.3 is 19.5 Å². The fraction of sp³-hybridized carbons (Fsp3) is 0.222. The third kappa shape index (κ3) is 3.92. The largest absolute Gasteiger partial charge is 0.494 e. The van der Waals surface area contributed by atoms with Crippen molar-refractivity contribution in [2.75, 3.05) is 11.5 Å². The number of aromatic nitrogens is 3. The first kappa shape index (κ1) is 22.1. The van der Waals surface area contributed by atoms with Crippen molar-refractivity contribution in [3.05, 3.63) is 102 Å². The van der Waals surface area contributed by atoms with Crippen LogP contribution in [-0.2, 0) is 0 Å². The van der Waals surface area contributed by atoms with Gasteiger partial charge in [0.05, 0.1) is 36.3 Å². The molecule has 0 spiro atoms. The van der Waals surface area contributed by atoms with Crippen molar-refractivity contribution in [1.29, 1.82) is 0 Å². The standard InChI is InChI=1S/C27H27N5OS/c1-4-33-22-12-10-20(11-13-22)32-26(25(30-27(32)34)24-9-5-6-15-29-24)23-16-18(2)31(19(23)3)21-8-7-14-28-17-21/h5-17,25-26H,4H2,1-3H3,(H,30,34)/t25-,26+/m1/s1. The molecule has 1 aromatic carbocycles. The molecular weight excluding hydrogens is 442 g/mol. The highest BCUT2D eigenvalue weighted by atomic mass is 32.1. The topological polar surface area (TPSA) is 55.2 Å². The molecule has 4 aromatic rings. The van der Waals surface area contributed by atoms with Crippen LogP contribution in [0.3, 0.4) is 0 Å². The minimum atomic E-state index is -0.0943. The fourth-order valence-electron chi connectivity index (χ4n) is 4.79. The Morgan fingerprint density at radius 1 is 1.00 bits per heavy atom. The van der Waals surface area contributed by atoms with Crippen LogP contribution in [-0.4, -0.2) is 26.3 Å². The lowest BCUT2D eigenvalue weighted by atomic mass is 9.96. The van der Waals surface area contributed by atoms with E-state index in [0.29, 0.717) is 11.7 Å². The predicted octanol–water partition coefficient (Wildman–Crippen LogP) is 5.46. The Bertz CT molecular complexity index is 1290. The quantitative estimate of drug-likeness (QED) is 0.379. The van der Waals surface area contributed by atoms with Gasteiger partial charge in [-0.05, 0) is 93.1 Å². The lowest BCUT2D eigenvalue weighted by Crippen LogP contribution is -2.29. The van der Waals surface area contributed by atoms with Crippen LogP contribution in [0.2, 0.25) is 0 Å². The van der Waals surface area contributed by atoms with Gasteiger partial charge in [0.2, 0.25) is 0 Å². The van der Waals surface area contributed by atoms with E-state index >= 15 is 0 Å². The van der Waals surface area contributed by atoms with E-state index in [1.807, 2.05) is 49.6 Å². The highest BCUT2D eigenvalue weighted by Crippen LogP contribution is 2.43. The molecule has 1 fully saturated rings. The second kappa shape index (κ2) is 9.27. The summed E-state index contributed by atoms with van der Waals surface area (Å²) in [6.07, 6.45) is 5.51. The monoisotopic (exact) mass is 469 g/mol. The Kier molecular flexibility index (Phi) is 6.02. The van der Waals surface area contributed by atoms with Gasteiger partial charge in [0, 0.05) is 29.5 Å². The number of hydrogen-bond acceptors (Lipinski definition) is 4. The van der Waals surface area contributed by atoms with Crippen molar-refractivity contribution >= 4 is 23.0 Å². The zero-order chi connectivity index (χ0) is 23.7. The molecule has 5 rings (SSSR count). The number of benzene rings is 1. The second-order valence-corrected chi connectivity index (χ2v) is 8.68. The van der Waals surface area contributed by atoms with Crippen LogP contribution in [0.5, 0.6) is 5.75 Å². The third-order valence-electron chi connectivity index (χ3n) is 6.22. The molecule has 0 unspecified atom stereocenters.